The lowest BCUT2D eigenvalue weighted by Crippen LogP contribution is -2.28. The van der Waals surface area contributed by atoms with Gasteiger partial charge < -0.3 is 20.1 Å². The number of carbonyl (C=O) groups excluding carboxylic acids is 1. The van der Waals surface area contributed by atoms with Crippen LogP contribution in [0.2, 0.25) is 0 Å². The van der Waals surface area contributed by atoms with Crippen LogP contribution in [0.3, 0.4) is 0 Å². The van der Waals surface area contributed by atoms with Crippen molar-refractivity contribution in [3.63, 3.8) is 0 Å². The third kappa shape index (κ3) is 45.4. The number of unbranched alkanes of at least 4 members (excludes halogenated alkanes) is 24. The molecular formula is C48H90NO7P. The lowest BCUT2D eigenvalue weighted by atomic mass is 10.0. The number of hydrogen-bond acceptors (Lipinski definition) is 7. The largest absolute Gasteiger partial charge is 0.472 e. The maximum atomic E-state index is 12.6. The molecule has 0 aromatic carbocycles. The summed E-state index contributed by atoms with van der Waals surface area (Å²) in [7, 11) is -4.28. The molecule has 9 heteroatoms. The SMILES string of the molecule is CC/C=C\C/C=C\C/C=C\C/C=C\CCCCCCCCCCCCCOCC(COP(=O)(O)OCCN)OC(=O)CCCCCCCCCCCCCCCC. The topological polar surface area (TPSA) is 117 Å². The third-order valence-corrected chi connectivity index (χ3v) is 11.0. The molecule has 0 saturated heterocycles. The standard InChI is InChI=1S/C48H90NO7P/c1-3-5-7-9-11-13-15-17-19-20-21-22-23-24-25-26-27-28-30-32-34-36-38-40-43-53-45-47(46-55-57(51,52)54-44-42-49)56-48(50)41-39-37-35-33-31-29-18-16-14-12-10-8-6-4-2/h5,7,11,13,17,19,21-22,47H,3-4,6,8-10,12,14-16,18,20,23-46,49H2,1-2H3,(H,51,52)/b7-5-,13-11-,19-17-,22-21-. The van der Waals surface area contributed by atoms with Crippen LogP contribution in [0, 0.1) is 0 Å². The van der Waals surface area contributed by atoms with Gasteiger partial charge in [-0.2, -0.15) is 0 Å². The molecule has 334 valence electrons. The molecule has 0 amide bonds. The Bertz CT molecular complexity index is 1010. The highest BCUT2D eigenvalue weighted by atomic mass is 31.2. The van der Waals surface area contributed by atoms with Gasteiger partial charge in [0.1, 0.15) is 6.10 Å². The molecule has 0 aliphatic rings. The number of rotatable bonds is 45. The van der Waals surface area contributed by atoms with Gasteiger partial charge in [-0.05, 0) is 51.4 Å². The number of allylic oxidation sites excluding steroid dienone is 8. The van der Waals surface area contributed by atoms with Crippen LogP contribution in [0.1, 0.15) is 213 Å². The zero-order chi connectivity index (χ0) is 41.6. The molecule has 0 aliphatic carbocycles. The van der Waals surface area contributed by atoms with Gasteiger partial charge in [0.25, 0.3) is 0 Å². The van der Waals surface area contributed by atoms with Gasteiger partial charge >= 0.3 is 13.8 Å². The second-order valence-electron chi connectivity index (χ2n) is 15.6. The van der Waals surface area contributed by atoms with Crippen molar-refractivity contribution in [2.24, 2.45) is 5.73 Å². The molecule has 0 radical (unpaired) electrons. The zero-order valence-electron chi connectivity index (χ0n) is 37.1. The number of carbonyl (C=O) groups is 1. The Morgan fingerprint density at radius 3 is 1.47 bits per heavy atom. The van der Waals surface area contributed by atoms with Crippen LogP contribution in [-0.4, -0.2) is 49.9 Å². The second kappa shape index (κ2) is 45.5. The smallest absolute Gasteiger partial charge is 0.457 e. The molecule has 8 nitrogen and oxygen atoms in total. The summed E-state index contributed by atoms with van der Waals surface area (Å²) in [6, 6.07) is 0. The van der Waals surface area contributed by atoms with Crippen LogP contribution in [-0.2, 0) is 27.9 Å². The van der Waals surface area contributed by atoms with E-state index in [1.54, 1.807) is 0 Å². The fraction of sp³-hybridized carbons (Fsp3) is 0.812. The average molecular weight is 824 g/mol. The van der Waals surface area contributed by atoms with Crippen molar-refractivity contribution in [2.75, 3.05) is 33.0 Å². The molecule has 3 N–H and O–H groups in total. The van der Waals surface area contributed by atoms with Crippen molar-refractivity contribution in [3.8, 4) is 0 Å². The van der Waals surface area contributed by atoms with E-state index in [4.69, 9.17) is 24.3 Å². The highest BCUT2D eigenvalue weighted by Crippen LogP contribution is 2.43. The van der Waals surface area contributed by atoms with Gasteiger partial charge in [0.2, 0.25) is 0 Å². The fourth-order valence-corrected chi connectivity index (χ4v) is 7.34. The zero-order valence-corrected chi connectivity index (χ0v) is 38.0. The Kier molecular flexibility index (Phi) is 44.3. The molecule has 0 heterocycles. The lowest BCUT2D eigenvalue weighted by molar-refractivity contribution is -0.154. The first-order valence-corrected chi connectivity index (χ1v) is 25.1. The molecule has 0 fully saturated rings. The Morgan fingerprint density at radius 2 is 0.982 bits per heavy atom. The molecule has 0 aliphatic heterocycles. The van der Waals surface area contributed by atoms with Crippen molar-refractivity contribution in [1.82, 2.24) is 0 Å². The van der Waals surface area contributed by atoms with E-state index in [-0.39, 0.29) is 32.3 Å². The van der Waals surface area contributed by atoms with Crippen LogP contribution < -0.4 is 5.73 Å². The van der Waals surface area contributed by atoms with E-state index >= 15 is 0 Å². The lowest BCUT2D eigenvalue weighted by Gasteiger charge is -2.20. The Hall–Kier alpha value is -1.54. The van der Waals surface area contributed by atoms with Crippen LogP contribution in [0.15, 0.2) is 48.6 Å². The number of nitrogens with two attached hydrogens (primary N) is 1. The minimum absolute atomic E-state index is 0.0956. The summed E-state index contributed by atoms with van der Waals surface area (Å²) in [5, 5.41) is 0. The number of phosphoric ester groups is 1. The number of esters is 1. The molecule has 0 bridgehead atoms. The molecule has 2 unspecified atom stereocenters. The maximum Gasteiger partial charge on any atom is 0.472 e. The molecule has 0 aromatic heterocycles. The van der Waals surface area contributed by atoms with E-state index in [1.807, 2.05) is 0 Å². The minimum atomic E-state index is -4.28. The molecule has 0 rings (SSSR count). The number of ether oxygens (including phenoxy) is 2. The Morgan fingerprint density at radius 1 is 0.544 bits per heavy atom. The maximum absolute atomic E-state index is 12.6. The monoisotopic (exact) mass is 824 g/mol. The van der Waals surface area contributed by atoms with Crippen molar-refractivity contribution in [1.29, 1.82) is 0 Å². The fourth-order valence-electron chi connectivity index (χ4n) is 6.58. The van der Waals surface area contributed by atoms with Crippen molar-refractivity contribution in [2.45, 2.75) is 219 Å². The van der Waals surface area contributed by atoms with E-state index < -0.39 is 13.9 Å². The van der Waals surface area contributed by atoms with Crippen LogP contribution in [0.4, 0.5) is 0 Å². The van der Waals surface area contributed by atoms with E-state index in [2.05, 4.69) is 62.5 Å². The summed E-state index contributed by atoms with van der Waals surface area (Å²) in [6.45, 7) is 4.83. The second-order valence-corrected chi connectivity index (χ2v) is 17.1. The first-order valence-electron chi connectivity index (χ1n) is 23.6. The number of hydrogen-bond donors (Lipinski definition) is 2. The van der Waals surface area contributed by atoms with Gasteiger partial charge in [-0.25, -0.2) is 4.57 Å². The van der Waals surface area contributed by atoms with Crippen molar-refractivity contribution in [3.05, 3.63) is 48.6 Å². The predicted molar refractivity (Wildman–Crippen MR) is 243 cm³/mol. The first-order chi connectivity index (χ1) is 27.9. The van der Waals surface area contributed by atoms with E-state index in [0.717, 1.165) is 57.8 Å². The molecule has 2 atom stereocenters. The Balaban J connectivity index is 3.93. The molecular weight excluding hydrogens is 734 g/mol. The van der Waals surface area contributed by atoms with Crippen LogP contribution in [0.25, 0.3) is 0 Å². The summed E-state index contributed by atoms with van der Waals surface area (Å²) < 4.78 is 33.5. The van der Waals surface area contributed by atoms with E-state index in [0.29, 0.717) is 13.0 Å². The van der Waals surface area contributed by atoms with Crippen molar-refractivity contribution < 1.29 is 32.8 Å². The van der Waals surface area contributed by atoms with Crippen LogP contribution in [0.5, 0.6) is 0 Å². The average Bonchev–Trinajstić information content (AvgIpc) is 3.20. The third-order valence-electron chi connectivity index (χ3n) is 10.0. The normalized spacial score (nSPS) is 13.8. The van der Waals surface area contributed by atoms with Gasteiger partial charge in [0.15, 0.2) is 0 Å². The van der Waals surface area contributed by atoms with E-state index in [9.17, 15) is 14.3 Å². The summed E-state index contributed by atoms with van der Waals surface area (Å²) >= 11 is 0. The summed E-state index contributed by atoms with van der Waals surface area (Å²) in [5.41, 5.74) is 5.38. The van der Waals surface area contributed by atoms with Gasteiger partial charge in [-0.1, -0.05) is 204 Å². The van der Waals surface area contributed by atoms with E-state index in [1.165, 1.54) is 135 Å². The predicted octanol–water partition coefficient (Wildman–Crippen LogP) is 14.4. The molecule has 0 saturated carbocycles. The quantitative estimate of drug-likeness (QED) is 0.0270. The van der Waals surface area contributed by atoms with Gasteiger partial charge in [0.05, 0.1) is 19.8 Å². The molecule has 0 aromatic rings. The molecule has 57 heavy (non-hydrogen) atoms. The first kappa shape index (κ1) is 55.5. The highest BCUT2D eigenvalue weighted by Gasteiger charge is 2.25. The van der Waals surface area contributed by atoms with Gasteiger partial charge in [-0.15, -0.1) is 0 Å². The van der Waals surface area contributed by atoms with Gasteiger partial charge in [0, 0.05) is 19.6 Å². The summed E-state index contributed by atoms with van der Waals surface area (Å²) in [4.78, 5) is 22.5. The minimum Gasteiger partial charge on any atom is -0.457 e. The van der Waals surface area contributed by atoms with Crippen molar-refractivity contribution >= 4 is 13.8 Å². The summed E-state index contributed by atoms with van der Waals surface area (Å²) in [5.74, 6) is -0.330. The Labute approximate surface area is 351 Å². The number of phosphoric acid groups is 1. The summed E-state index contributed by atoms with van der Waals surface area (Å²) in [6.07, 6.45) is 54.2. The highest BCUT2D eigenvalue weighted by molar-refractivity contribution is 7.47. The van der Waals surface area contributed by atoms with Crippen LogP contribution >= 0.6 is 7.82 Å². The molecule has 0 spiro atoms. The van der Waals surface area contributed by atoms with Gasteiger partial charge in [-0.3, -0.25) is 13.8 Å².